The number of phenolic OH excluding ortho intramolecular Hbond substituents is 2. The number of carbonyl (C=O) groups is 1. The lowest BCUT2D eigenvalue weighted by atomic mass is 9.81. The third-order valence-electron chi connectivity index (χ3n) is 4.22. The van der Waals surface area contributed by atoms with Crippen molar-refractivity contribution in [2.24, 2.45) is 5.92 Å². The van der Waals surface area contributed by atoms with Gasteiger partial charge < -0.3 is 20.1 Å². The summed E-state index contributed by atoms with van der Waals surface area (Å²) >= 11 is 0. The van der Waals surface area contributed by atoms with E-state index < -0.39 is 17.5 Å². The molecule has 2 atom stereocenters. The van der Waals surface area contributed by atoms with E-state index in [9.17, 15) is 20.1 Å². The van der Waals surface area contributed by atoms with Gasteiger partial charge >= 0.3 is 5.97 Å². The number of cyclic esters (lactones) is 1. The fourth-order valence-electron chi connectivity index (χ4n) is 3.00. The zero-order valence-electron chi connectivity index (χ0n) is 12.5. The fraction of sp³-hybridized carbons (Fsp3) is 0.278. The van der Waals surface area contributed by atoms with Crippen LogP contribution in [0.3, 0.4) is 0 Å². The second-order valence-corrected chi connectivity index (χ2v) is 5.94. The molecule has 0 spiro atoms. The molecule has 3 rings (SSSR count). The SMILES string of the molecule is O=C1OC[C@H](Cc2cccc(O)c2)[C@@]1(O)Cc1cccc(O)c1. The number of aromatic hydroxyl groups is 2. The van der Waals surface area contributed by atoms with Gasteiger partial charge in [0.25, 0.3) is 0 Å². The molecule has 0 radical (unpaired) electrons. The minimum absolute atomic E-state index is 0.0731. The first-order valence-corrected chi connectivity index (χ1v) is 7.43. The van der Waals surface area contributed by atoms with Crippen LogP contribution < -0.4 is 0 Å². The van der Waals surface area contributed by atoms with Crippen LogP contribution in [0.5, 0.6) is 11.5 Å². The van der Waals surface area contributed by atoms with Crippen molar-refractivity contribution in [1.82, 2.24) is 0 Å². The van der Waals surface area contributed by atoms with Gasteiger partial charge in [0.15, 0.2) is 5.60 Å². The second-order valence-electron chi connectivity index (χ2n) is 5.94. The Morgan fingerprint density at radius 3 is 2.30 bits per heavy atom. The zero-order chi connectivity index (χ0) is 16.4. The van der Waals surface area contributed by atoms with Gasteiger partial charge in [-0.2, -0.15) is 0 Å². The number of phenols is 2. The Kier molecular flexibility index (Phi) is 3.96. The number of aliphatic hydroxyl groups is 1. The van der Waals surface area contributed by atoms with Crippen molar-refractivity contribution < 1.29 is 24.9 Å². The number of esters is 1. The lowest BCUT2D eigenvalue weighted by Crippen LogP contribution is -2.44. The standard InChI is InChI=1S/C18H18O5/c19-15-5-1-3-12(8-15)7-14-11-23-17(21)18(14,22)10-13-4-2-6-16(20)9-13/h1-6,8-9,14,19-20,22H,7,10-11H2/t14-,18-/m0/s1. The van der Waals surface area contributed by atoms with E-state index in [1.54, 1.807) is 30.3 Å². The van der Waals surface area contributed by atoms with Crippen LogP contribution in [-0.2, 0) is 22.4 Å². The van der Waals surface area contributed by atoms with E-state index in [0.717, 1.165) is 5.56 Å². The van der Waals surface area contributed by atoms with Crippen LogP contribution in [0.4, 0.5) is 0 Å². The maximum absolute atomic E-state index is 12.1. The monoisotopic (exact) mass is 314 g/mol. The summed E-state index contributed by atoms with van der Waals surface area (Å²) in [5.41, 5.74) is -0.158. The van der Waals surface area contributed by atoms with Crippen LogP contribution in [0, 0.1) is 5.92 Å². The quantitative estimate of drug-likeness (QED) is 0.749. The summed E-state index contributed by atoms with van der Waals surface area (Å²) in [7, 11) is 0. The maximum atomic E-state index is 12.1. The molecule has 1 aliphatic heterocycles. The van der Waals surface area contributed by atoms with Gasteiger partial charge in [-0.1, -0.05) is 24.3 Å². The summed E-state index contributed by atoms with van der Waals surface area (Å²) in [5.74, 6) is -0.837. The van der Waals surface area contributed by atoms with Crippen LogP contribution >= 0.6 is 0 Å². The molecule has 1 saturated heterocycles. The smallest absolute Gasteiger partial charge is 0.338 e. The molecule has 120 valence electrons. The normalized spacial score (nSPS) is 23.7. The van der Waals surface area contributed by atoms with E-state index in [2.05, 4.69) is 0 Å². The third-order valence-corrected chi connectivity index (χ3v) is 4.22. The number of carbonyl (C=O) groups excluding carboxylic acids is 1. The second kappa shape index (κ2) is 5.93. The van der Waals surface area contributed by atoms with E-state index in [0.29, 0.717) is 12.0 Å². The molecule has 5 nitrogen and oxygen atoms in total. The predicted molar refractivity (Wildman–Crippen MR) is 83.0 cm³/mol. The van der Waals surface area contributed by atoms with Gasteiger partial charge in [-0.3, -0.25) is 0 Å². The average Bonchev–Trinajstić information content (AvgIpc) is 2.75. The van der Waals surface area contributed by atoms with E-state index in [1.807, 2.05) is 6.07 Å². The number of ether oxygens (including phenoxy) is 1. The van der Waals surface area contributed by atoms with Crippen molar-refractivity contribution in [1.29, 1.82) is 0 Å². The van der Waals surface area contributed by atoms with Crippen molar-refractivity contribution in [3.05, 3.63) is 59.7 Å². The highest BCUT2D eigenvalue weighted by Gasteiger charge is 2.50. The number of hydrogen-bond donors (Lipinski definition) is 3. The van der Waals surface area contributed by atoms with E-state index >= 15 is 0 Å². The minimum Gasteiger partial charge on any atom is -0.508 e. The number of rotatable bonds is 4. The molecule has 0 unspecified atom stereocenters. The molecule has 0 aromatic heterocycles. The molecular weight excluding hydrogens is 296 g/mol. The Balaban J connectivity index is 1.83. The molecule has 0 saturated carbocycles. The van der Waals surface area contributed by atoms with Gasteiger partial charge in [-0.15, -0.1) is 0 Å². The first-order valence-electron chi connectivity index (χ1n) is 7.43. The largest absolute Gasteiger partial charge is 0.508 e. The first-order chi connectivity index (χ1) is 11.0. The Morgan fingerprint density at radius 2 is 1.65 bits per heavy atom. The van der Waals surface area contributed by atoms with Crippen molar-refractivity contribution in [2.45, 2.75) is 18.4 Å². The Labute approximate surface area is 133 Å². The van der Waals surface area contributed by atoms with Crippen LogP contribution in [-0.4, -0.2) is 33.5 Å². The van der Waals surface area contributed by atoms with Crippen molar-refractivity contribution in [3.8, 4) is 11.5 Å². The summed E-state index contributed by atoms with van der Waals surface area (Å²) < 4.78 is 5.07. The van der Waals surface area contributed by atoms with Crippen molar-refractivity contribution >= 4 is 5.97 Å². The Hall–Kier alpha value is -2.53. The average molecular weight is 314 g/mol. The van der Waals surface area contributed by atoms with Crippen LogP contribution in [0.25, 0.3) is 0 Å². The molecule has 2 aromatic rings. The molecule has 23 heavy (non-hydrogen) atoms. The third kappa shape index (κ3) is 3.14. The molecule has 2 aromatic carbocycles. The highest BCUT2D eigenvalue weighted by atomic mass is 16.6. The maximum Gasteiger partial charge on any atom is 0.338 e. The van der Waals surface area contributed by atoms with Gasteiger partial charge in [0, 0.05) is 12.3 Å². The van der Waals surface area contributed by atoms with Gasteiger partial charge in [-0.05, 0) is 41.8 Å². The summed E-state index contributed by atoms with van der Waals surface area (Å²) in [4.78, 5) is 12.1. The van der Waals surface area contributed by atoms with E-state index in [4.69, 9.17) is 4.74 Å². The molecule has 0 aliphatic carbocycles. The minimum atomic E-state index is -1.64. The van der Waals surface area contributed by atoms with Gasteiger partial charge in [-0.25, -0.2) is 4.79 Å². The van der Waals surface area contributed by atoms with Gasteiger partial charge in [0.1, 0.15) is 11.5 Å². The zero-order valence-corrected chi connectivity index (χ0v) is 12.5. The highest BCUT2D eigenvalue weighted by molar-refractivity contribution is 5.82. The molecular formula is C18H18O5. The molecule has 1 heterocycles. The van der Waals surface area contributed by atoms with Gasteiger partial charge in [0.2, 0.25) is 0 Å². The number of benzene rings is 2. The fourth-order valence-corrected chi connectivity index (χ4v) is 3.00. The molecule has 0 amide bonds. The summed E-state index contributed by atoms with van der Waals surface area (Å²) in [6.45, 7) is 0.129. The van der Waals surface area contributed by atoms with E-state index in [1.165, 1.54) is 12.1 Å². The molecule has 1 fully saturated rings. The molecule has 3 N–H and O–H groups in total. The molecule has 5 heteroatoms. The number of hydrogen-bond acceptors (Lipinski definition) is 5. The summed E-state index contributed by atoms with van der Waals surface area (Å²) in [6.07, 6.45) is 0.485. The molecule has 0 bridgehead atoms. The lowest BCUT2D eigenvalue weighted by Gasteiger charge is -2.25. The predicted octanol–water partition coefficient (Wildman–Crippen LogP) is 1.79. The Morgan fingerprint density at radius 1 is 1.04 bits per heavy atom. The topological polar surface area (TPSA) is 87.0 Å². The molecule has 1 aliphatic rings. The Bertz CT molecular complexity index is 727. The first kappa shape index (κ1) is 15.4. The van der Waals surface area contributed by atoms with Crippen molar-refractivity contribution in [3.63, 3.8) is 0 Å². The summed E-state index contributed by atoms with van der Waals surface area (Å²) in [5, 5.41) is 30.0. The van der Waals surface area contributed by atoms with Crippen LogP contribution in [0.2, 0.25) is 0 Å². The lowest BCUT2D eigenvalue weighted by molar-refractivity contribution is -0.154. The van der Waals surface area contributed by atoms with Crippen molar-refractivity contribution in [2.75, 3.05) is 6.61 Å². The van der Waals surface area contributed by atoms with Crippen LogP contribution in [0.1, 0.15) is 11.1 Å². The van der Waals surface area contributed by atoms with Crippen LogP contribution in [0.15, 0.2) is 48.5 Å². The van der Waals surface area contributed by atoms with E-state index in [-0.39, 0.29) is 24.5 Å². The summed E-state index contributed by atoms with van der Waals surface area (Å²) in [6, 6.07) is 13.2. The highest BCUT2D eigenvalue weighted by Crippen LogP contribution is 2.34. The van der Waals surface area contributed by atoms with Gasteiger partial charge in [0.05, 0.1) is 6.61 Å².